The number of nitrogens with one attached hydrogen (secondary N) is 2. The first-order valence-corrected chi connectivity index (χ1v) is 6.20. The average molecular weight is 285 g/mol. The van der Waals surface area contributed by atoms with Crippen molar-refractivity contribution in [1.82, 2.24) is 5.32 Å². The second-order valence-corrected chi connectivity index (χ2v) is 4.36. The summed E-state index contributed by atoms with van der Waals surface area (Å²) in [7, 11) is 0. The fraction of sp³-hybridized carbons (Fsp3) is 0.417. The Hall–Kier alpha value is -1.03. The molecule has 0 aliphatic heterocycles. The number of benzene rings is 1. The fourth-order valence-corrected chi connectivity index (χ4v) is 1.78. The highest BCUT2D eigenvalue weighted by molar-refractivity contribution is 9.10. The Morgan fingerprint density at radius 3 is 2.88 bits per heavy atom. The number of rotatable bonds is 5. The molecule has 0 heterocycles. The monoisotopic (exact) mass is 284 g/mol. The maximum Gasteiger partial charge on any atom is 0.221 e. The van der Waals surface area contributed by atoms with Crippen molar-refractivity contribution < 1.29 is 4.79 Å². The summed E-state index contributed by atoms with van der Waals surface area (Å²) >= 11 is 3.52. The Labute approximate surface area is 105 Å². The van der Waals surface area contributed by atoms with Crippen LogP contribution in [0.5, 0.6) is 0 Å². The molecule has 4 heteroatoms. The van der Waals surface area contributed by atoms with Crippen molar-refractivity contribution in [2.45, 2.75) is 20.3 Å². The number of aryl methyl sites for hydroxylation is 1. The summed E-state index contributed by atoms with van der Waals surface area (Å²) in [6.45, 7) is 5.29. The van der Waals surface area contributed by atoms with Crippen LogP contribution < -0.4 is 10.6 Å². The highest BCUT2D eigenvalue weighted by Gasteiger charge is 2.03. The minimum Gasteiger partial charge on any atom is -0.384 e. The van der Waals surface area contributed by atoms with Gasteiger partial charge in [0.25, 0.3) is 0 Å². The van der Waals surface area contributed by atoms with Crippen LogP contribution in [0, 0.1) is 6.92 Å². The lowest BCUT2D eigenvalue weighted by Crippen LogP contribution is -2.24. The zero-order valence-electron chi connectivity index (χ0n) is 9.64. The van der Waals surface area contributed by atoms with E-state index in [1.54, 1.807) is 0 Å². The van der Waals surface area contributed by atoms with Gasteiger partial charge in [-0.05, 0) is 41.4 Å². The largest absolute Gasteiger partial charge is 0.384 e. The van der Waals surface area contributed by atoms with Crippen molar-refractivity contribution in [3.63, 3.8) is 0 Å². The molecule has 1 aromatic rings. The molecular formula is C12H17BrN2O. The number of hydrogen-bond donors (Lipinski definition) is 2. The average Bonchev–Trinajstić information content (AvgIpc) is 2.25. The van der Waals surface area contributed by atoms with E-state index < -0.39 is 0 Å². The Kier molecular flexibility index (Phi) is 5.32. The van der Waals surface area contributed by atoms with E-state index in [0.717, 1.165) is 10.2 Å². The van der Waals surface area contributed by atoms with Crippen LogP contribution in [0.4, 0.5) is 5.69 Å². The van der Waals surface area contributed by atoms with Crippen molar-refractivity contribution in [1.29, 1.82) is 0 Å². The molecule has 0 bridgehead atoms. The number of amides is 1. The SMILES string of the molecule is CCNC(=O)CCNc1cccc(C)c1Br. The summed E-state index contributed by atoms with van der Waals surface area (Å²) in [6.07, 6.45) is 0.494. The topological polar surface area (TPSA) is 41.1 Å². The quantitative estimate of drug-likeness (QED) is 0.873. The van der Waals surface area contributed by atoms with E-state index in [4.69, 9.17) is 0 Å². The maximum absolute atomic E-state index is 11.2. The molecule has 16 heavy (non-hydrogen) atoms. The molecular weight excluding hydrogens is 268 g/mol. The zero-order valence-corrected chi connectivity index (χ0v) is 11.2. The van der Waals surface area contributed by atoms with Crippen LogP contribution in [0.15, 0.2) is 22.7 Å². The minimum atomic E-state index is 0.0822. The molecule has 0 unspecified atom stereocenters. The fourth-order valence-electron chi connectivity index (χ4n) is 1.38. The molecule has 1 aromatic carbocycles. The predicted molar refractivity (Wildman–Crippen MR) is 70.7 cm³/mol. The van der Waals surface area contributed by atoms with E-state index in [0.29, 0.717) is 19.5 Å². The second-order valence-electron chi connectivity index (χ2n) is 3.57. The van der Waals surface area contributed by atoms with Gasteiger partial charge in [0.2, 0.25) is 5.91 Å². The van der Waals surface area contributed by atoms with E-state index in [1.807, 2.05) is 32.0 Å². The van der Waals surface area contributed by atoms with Crippen LogP contribution in [0.25, 0.3) is 0 Å². The summed E-state index contributed by atoms with van der Waals surface area (Å²) < 4.78 is 1.06. The van der Waals surface area contributed by atoms with Gasteiger partial charge in [0.1, 0.15) is 0 Å². The number of carbonyl (C=O) groups is 1. The number of anilines is 1. The van der Waals surface area contributed by atoms with E-state index in [1.165, 1.54) is 5.56 Å². The predicted octanol–water partition coefficient (Wildman–Crippen LogP) is 2.70. The molecule has 0 radical (unpaired) electrons. The van der Waals surface area contributed by atoms with Crippen LogP contribution in [-0.2, 0) is 4.79 Å². The van der Waals surface area contributed by atoms with Gasteiger partial charge in [0, 0.05) is 29.7 Å². The van der Waals surface area contributed by atoms with Gasteiger partial charge in [-0.15, -0.1) is 0 Å². The first kappa shape index (κ1) is 13.0. The first-order valence-electron chi connectivity index (χ1n) is 5.40. The van der Waals surface area contributed by atoms with Gasteiger partial charge in [0.05, 0.1) is 0 Å². The van der Waals surface area contributed by atoms with E-state index in [-0.39, 0.29) is 5.91 Å². The molecule has 1 rings (SSSR count). The van der Waals surface area contributed by atoms with E-state index in [9.17, 15) is 4.79 Å². The standard InChI is InChI=1S/C12H17BrN2O/c1-3-14-11(16)7-8-15-10-6-4-5-9(2)12(10)13/h4-6,15H,3,7-8H2,1-2H3,(H,14,16). The molecule has 0 aromatic heterocycles. The normalized spacial score (nSPS) is 9.94. The van der Waals surface area contributed by atoms with Gasteiger partial charge in [0.15, 0.2) is 0 Å². The van der Waals surface area contributed by atoms with Gasteiger partial charge in [-0.25, -0.2) is 0 Å². The third-order valence-corrected chi connectivity index (χ3v) is 3.29. The molecule has 0 aliphatic rings. The van der Waals surface area contributed by atoms with Gasteiger partial charge in [-0.1, -0.05) is 12.1 Å². The number of halogens is 1. The lowest BCUT2D eigenvalue weighted by Gasteiger charge is -2.09. The molecule has 0 fully saturated rings. The Balaban J connectivity index is 2.43. The number of carbonyl (C=O) groups excluding carboxylic acids is 1. The van der Waals surface area contributed by atoms with Crippen molar-refractivity contribution in [3.8, 4) is 0 Å². The van der Waals surface area contributed by atoms with Crippen molar-refractivity contribution in [3.05, 3.63) is 28.2 Å². The summed E-state index contributed by atoms with van der Waals surface area (Å²) in [4.78, 5) is 11.2. The smallest absolute Gasteiger partial charge is 0.221 e. The van der Waals surface area contributed by atoms with Crippen LogP contribution >= 0.6 is 15.9 Å². The molecule has 88 valence electrons. The molecule has 0 spiro atoms. The first-order chi connectivity index (χ1) is 7.65. The second kappa shape index (κ2) is 6.53. The molecule has 3 nitrogen and oxygen atoms in total. The van der Waals surface area contributed by atoms with Gasteiger partial charge in [-0.2, -0.15) is 0 Å². The van der Waals surface area contributed by atoms with Gasteiger partial charge < -0.3 is 10.6 Å². The molecule has 0 saturated heterocycles. The van der Waals surface area contributed by atoms with E-state index in [2.05, 4.69) is 26.6 Å². The van der Waals surface area contributed by atoms with Crippen LogP contribution in [0.1, 0.15) is 18.9 Å². The lowest BCUT2D eigenvalue weighted by atomic mass is 10.2. The molecule has 0 atom stereocenters. The summed E-state index contributed by atoms with van der Waals surface area (Å²) in [5.74, 6) is 0.0822. The Morgan fingerprint density at radius 2 is 2.19 bits per heavy atom. The Bertz CT molecular complexity index is 366. The van der Waals surface area contributed by atoms with Crippen molar-refractivity contribution >= 4 is 27.5 Å². The summed E-state index contributed by atoms with van der Waals surface area (Å²) in [6, 6.07) is 6.03. The molecule has 0 aliphatic carbocycles. The molecule has 2 N–H and O–H groups in total. The summed E-state index contributed by atoms with van der Waals surface area (Å²) in [5, 5.41) is 6.00. The highest BCUT2D eigenvalue weighted by atomic mass is 79.9. The number of hydrogen-bond acceptors (Lipinski definition) is 2. The molecule has 0 saturated carbocycles. The molecule has 1 amide bonds. The third-order valence-electron chi connectivity index (χ3n) is 2.23. The van der Waals surface area contributed by atoms with Crippen LogP contribution in [0.3, 0.4) is 0 Å². The highest BCUT2D eigenvalue weighted by Crippen LogP contribution is 2.25. The van der Waals surface area contributed by atoms with Crippen molar-refractivity contribution in [2.24, 2.45) is 0 Å². The van der Waals surface area contributed by atoms with Gasteiger partial charge >= 0.3 is 0 Å². The third kappa shape index (κ3) is 3.85. The van der Waals surface area contributed by atoms with Crippen LogP contribution in [0.2, 0.25) is 0 Å². The minimum absolute atomic E-state index is 0.0822. The van der Waals surface area contributed by atoms with Crippen molar-refractivity contribution in [2.75, 3.05) is 18.4 Å². The maximum atomic E-state index is 11.2. The Morgan fingerprint density at radius 1 is 1.44 bits per heavy atom. The van der Waals surface area contributed by atoms with Gasteiger partial charge in [-0.3, -0.25) is 4.79 Å². The van der Waals surface area contributed by atoms with Crippen LogP contribution in [-0.4, -0.2) is 19.0 Å². The lowest BCUT2D eigenvalue weighted by molar-refractivity contribution is -0.120. The van der Waals surface area contributed by atoms with E-state index >= 15 is 0 Å². The summed E-state index contributed by atoms with van der Waals surface area (Å²) in [5.41, 5.74) is 2.22. The zero-order chi connectivity index (χ0) is 12.0.